The van der Waals surface area contributed by atoms with E-state index in [0.29, 0.717) is 4.83 Å². The SMILES string of the molecule is CC(Br)CC(C)NCC(F)F. The molecule has 0 saturated carbocycles. The molecular weight excluding hydrogens is 216 g/mol. The van der Waals surface area contributed by atoms with Crippen LogP contribution in [0.25, 0.3) is 0 Å². The van der Waals surface area contributed by atoms with Crippen molar-refractivity contribution in [3.05, 3.63) is 0 Å². The lowest BCUT2D eigenvalue weighted by Crippen LogP contribution is -2.31. The first-order valence-corrected chi connectivity index (χ1v) is 4.59. The summed E-state index contributed by atoms with van der Waals surface area (Å²) in [6, 6.07) is 0.151. The fourth-order valence-corrected chi connectivity index (χ4v) is 1.42. The second-order valence-electron chi connectivity index (χ2n) is 2.72. The van der Waals surface area contributed by atoms with Gasteiger partial charge in [-0.25, -0.2) is 8.78 Å². The van der Waals surface area contributed by atoms with Crippen molar-refractivity contribution in [3.63, 3.8) is 0 Å². The molecule has 2 unspecified atom stereocenters. The molecule has 0 aromatic rings. The molecule has 0 aromatic heterocycles. The third kappa shape index (κ3) is 8.20. The van der Waals surface area contributed by atoms with E-state index in [0.717, 1.165) is 6.42 Å². The molecule has 4 heteroatoms. The monoisotopic (exact) mass is 229 g/mol. The molecule has 0 saturated heterocycles. The number of nitrogens with one attached hydrogen (secondary N) is 1. The zero-order valence-electron chi connectivity index (χ0n) is 6.78. The molecule has 1 nitrogen and oxygen atoms in total. The fourth-order valence-electron chi connectivity index (χ4n) is 0.861. The predicted molar refractivity (Wildman–Crippen MR) is 46.5 cm³/mol. The van der Waals surface area contributed by atoms with Gasteiger partial charge in [-0.05, 0) is 13.3 Å². The van der Waals surface area contributed by atoms with Crippen molar-refractivity contribution >= 4 is 15.9 Å². The smallest absolute Gasteiger partial charge is 0.250 e. The molecule has 0 amide bonds. The van der Waals surface area contributed by atoms with Crippen LogP contribution in [-0.2, 0) is 0 Å². The normalized spacial score (nSPS) is 16.9. The van der Waals surface area contributed by atoms with E-state index >= 15 is 0 Å². The van der Waals surface area contributed by atoms with Crippen molar-refractivity contribution in [2.75, 3.05) is 6.54 Å². The number of halogens is 3. The summed E-state index contributed by atoms with van der Waals surface area (Å²) >= 11 is 3.35. The second kappa shape index (κ2) is 5.89. The zero-order valence-corrected chi connectivity index (χ0v) is 8.37. The summed E-state index contributed by atoms with van der Waals surface area (Å²) in [6.45, 7) is 3.70. The average molecular weight is 230 g/mol. The van der Waals surface area contributed by atoms with E-state index in [1.165, 1.54) is 0 Å². The van der Waals surface area contributed by atoms with E-state index in [1.54, 1.807) is 0 Å². The van der Waals surface area contributed by atoms with Gasteiger partial charge in [0, 0.05) is 10.9 Å². The summed E-state index contributed by atoms with van der Waals surface area (Å²) in [6.07, 6.45) is -1.38. The quantitative estimate of drug-likeness (QED) is 0.715. The van der Waals surface area contributed by atoms with Crippen LogP contribution in [-0.4, -0.2) is 23.8 Å². The van der Waals surface area contributed by atoms with Crippen molar-refractivity contribution in [2.45, 2.75) is 37.6 Å². The number of hydrogen-bond donors (Lipinski definition) is 1. The molecule has 1 N–H and O–H groups in total. The summed E-state index contributed by atoms with van der Waals surface area (Å²) < 4.78 is 23.3. The molecule has 0 aliphatic rings. The van der Waals surface area contributed by atoms with Crippen LogP contribution < -0.4 is 5.32 Å². The van der Waals surface area contributed by atoms with Gasteiger partial charge >= 0.3 is 0 Å². The summed E-state index contributed by atoms with van der Waals surface area (Å²) in [5, 5.41) is 2.73. The Bertz CT molecular complexity index is 98.4. The maximum Gasteiger partial charge on any atom is 0.250 e. The highest BCUT2D eigenvalue weighted by Gasteiger charge is 2.07. The van der Waals surface area contributed by atoms with Gasteiger partial charge in [-0.2, -0.15) is 0 Å². The molecule has 0 rings (SSSR count). The van der Waals surface area contributed by atoms with Crippen LogP contribution in [0.1, 0.15) is 20.3 Å². The van der Waals surface area contributed by atoms with Crippen molar-refractivity contribution < 1.29 is 8.78 Å². The predicted octanol–water partition coefficient (Wildman–Crippen LogP) is 2.40. The van der Waals surface area contributed by atoms with Gasteiger partial charge in [-0.3, -0.25) is 0 Å². The fraction of sp³-hybridized carbons (Fsp3) is 1.00. The Balaban J connectivity index is 3.29. The summed E-state index contributed by atoms with van der Waals surface area (Å²) in [4.78, 5) is 0.377. The molecule has 0 fully saturated rings. The minimum Gasteiger partial charge on any atom is -0.309 e. The van der Waals surface area contributed by atoms with Gasteiger partial charge in [0.25, 0.3) is 6.43 Å². The van der Waals surface area contributed by atoms with Crippen molar-refractivity contribution in [3.8, 4) is 0 Å². The van der Waals surface area contributed by atoms with E-state index in [2.05, 4.69) is 21.2 Å². The second-order valence-corrected chi connectivity index (χ2v) is 4.28. The first kappa shape index (κ1) is 11.3. The van der Waals surface area contributed by atoms with Gasteiger partial charge in [0.2, 0.25) is 0 Å². The Morgan fingerprint density at radius 3 is 2.27 bits per heavy atom. The molecule has 2 atom stereocenters. The molecule has 0 aromatic carbocycles. The first-order chi connectivity index (χ1) is 5.02. The largest absolute Gasteiger partial charge is 0.309 e. The Morgan fingerprint density at radius 1 is 1.36 bits per heavy atom. The molecule has 68 valence electrons. The molecule has 0 heterocycles. The lowest BCUT2D eigenvalue weighted by Gasteiger charge is -2.14. The van der Waals surface area contributed by atoms with Crippen molar-refractivity contribution in [1.82, 2.24) is 5.32 Å². The van der Waals surface area contributed by atoms with Gasteiger partial charge in [-0.1, -0.05) is 22.9 Å². The number of rotatable bonds is 5. The molecule has 11 heavy (non-hydrogen) atoms. The minimum atomic E-state index is -2.25. The molecule has 0 aliphatic carbocycles. The van der Waals surface area contributed by atoms with E-state index in [4.69, 9.17) is 0 Å². The molecule has 0 bridgehead atoms. The van der Waals surface area contributed by atoms with Crippen LogP contribution in [0.15, 0.2) is 0 Å². The third-order valence-electron chi connectivity index (χ3n) is 1.30. The van der Waals surface area contributed by atoms with Crippen LogP contribution >= 0.6 is 15.9 Å². The Morgan fingerprint density at radius 2 is 1.91 bits per heavy atom. The Labute approximate surface area is 74.7 Å². The highest BCUT2D eigenvalue weighted by Crippen LogP contribution is 2.06. The van der Waals surface area contributed by atoms with E-state index in [-0.39, 0.29) is 12.6 Å². The number of alkyl halides is 3. The van der Waals surface area contributed by atoms with Crippen LogP contribution in [0, 0.1) is 0 Å². The standard InChI is InChI=1S/C7H14BrF2N/c1-5(8)3-6(2)11-4-7(9)10/h5-7,11H,3-4H2,1-2H3. The van der Waals surface area contributed by atoms with E-state index in [9.17, 15) is 8.78 Å². The molecule has 0 radical (unpaired) electrons. The van der Waals surface area contributed by atoms with E-state index in [1.807, 2.05) is 13.8 Å². The lowest BCUT2D eigenvalue weighted by atomic mass is 10.2. The number of hydrogen-bond acceptors (Lipinski definition) is 1. The van der Waals surface area contributed by atoms with Crippen molar-refractivity contribution in [1.29, 1.82) is 0 Å². The highest BCUT2D eigenvalue weighted by atomic mass is 79.9. The van der Waals surface area contributed by atoms with Gasteiger partial charge in [0.05, 0.1) is 6.54 Å². The van der Waals surface area contributed by atoms with Gasteiger partial charge < -0.3 is 5.32 Å². The van der Waals surface area contributed by atoms with Crippen LogP contribution in [0.4, 0.5) is 8.78 Å². The minimum absolute atomic E-state index is 0.151. The van der Waals surface area contributed by atoms with Crippen molar-refractivity contribution in [2.24, 2.45) is 0 Å². The average Bonchev–Trinajstić information content (AvgIpc) is 1.82. The first-order valence-electron chi connectivity index (χ1n) is 3.68. The third-order valence-corrected chi connectivity index (χ3v) is 1.67. The van der Waals surface area contributed by atoms with Crippen LogP contribution in [0.3, 0.4) is 0 Å². The topological polar surface area (TPSA) is 12.0 Å². The molecule has 0 spiro atoms. The van der Waals surface area contributed by atoms with Crippen LogP contribution in [0.5, 0.6) is 0 Å². The lowest BCUT2D eigenvalue weighted by molar-refractivity contribution is 0.141. The molecule has 0 aliphatic heterocycles. The Hall–Kier alpha value is 0.300. The maximum atomic E-state index is 11.7. The van der Waals surface area contributed by atoms with E-state index < -0.39 is 6.43 Å². The summed E-state index contributed by atoms with van der Waals surface area (Å²) in [5.41, 5.74) is 0. The van der Waals surface area contributed by atoms with Crippen LogP contribution in [0.2, 0.25) is 0 Å². The van der Waals surface area contributed by atoms with Gasteiger partial charge in [0.15, 0.2) is 0 Å². The maximum absolute atomic E-state index is 11.7. The summed E-state index contributed by atoms with van der Waals surface area (Å²) in [7, 11) is 0. The Kier molecular flexibility index (Phi) is 6.05. The highest BCUT2D eigenvalue weighted by molar-refractivity contribution is 9.09. The summed E-state index contributed by atoms with van der Waals surface area (Å²) in [5.74, 6) is 0. The van der Waals surface area contributed by atoms with Gasteiger partial charge in [0.1, 0.15) is 0 Å². The molecular formula is C7H14BrF2N. The zero-order chi connectivity index (χ0) is 8.85. The van der Waals surface area contributed by atoms with Gasteiger partial charge in [-0.15, -0.1) is 0 Å².